The molecule has 1 fully saturated rings. The van der Waals surface area contributed by atoms with Crippen molar-refractivity contribution >= 4 is 15.9 Å². The van der Waals surface area contributed by atoms with Crippen molar-refractivity contribution < 1.29 is 4.74 Å². The van der Waals surface area contributed by atoms with Crippen LogP contribution >= 0.6 is 15.9 Å². The van der Waals surface area contributed by atoms with E-state index in [4.69, 9.17) is 4.74 Å². The highest BCUT2D eigenvalue weighted by Gasteiger charge is 2.20. The van der Waals surface area contributed by atoms with Crippen LogP contribution in [0.4, 0.5) is 0 Å². The molecule has 0 unspecified atom stereocenters. The van der Waals surface area contributed by atoms with Crippen LogP contribution in [0.5, 0.6) is 0 Å². The first-order valence-electron chi connectivity index (χ1n) is 7.15. The zero-order valence-electron chi connectivity index (χ0n) is 11.9. The van der Waals surface area contributed by atoms with Crippen LogP contribution in [-0.4, -0.2) is 47.5 Å². The summed E-state index contributed by atoms with van der Waals surface area (Å²) in [6, 6.07) is 0.555. The van der Waals surface area contributed by atoms with Gasteiger partial charge in [-0.25, -0.2) is 0 Å². The van der Waals surface area contributed by atoms with Crippen molar-refractivity contribution in [1.82, 2.24) is 14.7 Å². The van der Waals surface area contributed by atoms with E-state index in [9.17, 15) is 0 Å². The minimum atomic E-state index is 0.555. The van der Waals surface area contributed by atoms with Crippen molar-refractivity contribution in [1.29, 1.82) is 0 Å². The predicted molar refractivity (Wildman–Crippen MR) is 80.3 cm³/mol. The highest BCUT2D eigenvalue weighted by molar-refractivity contribution is 9.10. The fraction of sp³-hybridized carbons (Fsp3) is 0.786. The minimum absolute atomic E-state index is 0.555. The number of aromatic nitrogens is 2. The maximum atomic E-state index is 5.65. The summed E-state index contributed by atoms with van der Waals surface area (Å²) in [6.07, 6.45) is 6.30. The molecule has 19 heavy (non-hydrogen) atoms. The van der Waals surface area contributed by atoms with Crippen LogP contribution in [0.1, 0.15) is 32.7 Å². The molecule has 108 valence electrons. The zero-order valence-corrected chi connectivity index (χ0v) is 13.5. The van der Waals surface area contributed by atoms with Crippen LogP contribution in [-0.2, 0) is 4.74 Å². The monoisotopic (exact) mass is 329 g/mol. The third-order valence-electron chi connectivity index (χ3n) is 3.50. The quantitative estimate of drug-likeness (QED) is 0.751. The Kier molecular flexibility index (Phi) is 5.85. The molecule has 0 radical (unpaired) electrons. The number of halogens is 1. The van der Waals surface area contributed by atoms with E-state index in [-0.39, 0.29) is 0 Å². The summed E-state index contributed by atoms with van der Waals surface area (Å²) in [7, 11) is 0. The Balaban J connectivity index is 1.65. The average molecular weight is 330 g/mol. The van der Waals surface area contributed by atoms with Crippen molar-refractivity contribution in [2.24, 2.45) is 5.92 Å². The third kappa shape index (κ3) is 4.89. The first-order chi connectivity index (χ1) is 9.15. The Bertz CT molecular complexity index is 373. The molecular formula is C14H24BrN3O. The molecule has 0 N–H and O–H groups in total. The van der Waals surface area contributed by atoms with Gasteiger partial charge in [0.25, 0.3) is 0 Å². The molecule has 4 nitrogen and oxygen atoms in total. The third-order valence-corrected chi connectivity index (χ3v) is 3.91. The number of nitrogens with zero attached hydrogens (tertiary/aromatic N) is 3. The van der Waals surface area contributed by atoms with E-state index in [2.05, 4.69) is 50.7 Å². The second-order valence-corrected chi connectivity index (χ2v) is 6.60. The SMILES string of the molecule is CC(C)COCCN1CCC(n2cc(Br)cn2)CC1. The van der Waals surface area contributed by atoms with Crippen LogP contribution in [0.15, 0.2) is 16.9 Å². The molecule has 1 aromatic rings. The molecule has 0 spiro atoms. The first kappa shape index (κ1) is 15.0. The number of piperidine rings is 1. The molecule has 1 saturated heterocycles. The van der Waals surface area contributed by atoms with Crippen LogP contribution in [0, 0.1) is 5.92 Å². The maximum absolute atomic E-state index is 5.65. The Hall–Kier alpha value is -0.390. The van der Waals surface area contributed by atoms with Crippen molar-refractivity contribution in [2.45, 2.75) is 32.7 Å². The minimum Gasteiger partial charge on any atom is -0.380 e. The standard InChI is InChI=1S/C14H24BrN3O/c1-12(2)11-19-8-7-17-5-3-14(4-6-17)18-10-13(15)9-16-18/h9-10,12,14H,3-8,11H2,1-2H3. The second kappa shape index (κ2) is 7.41. The maximum Gasteiger partial charge on any atom is 0.0632 e. The van der Waals surface area contributed by atoms with Gasteiger partial charge in [-0.3, -0.25) is 4.68 Å². The molecule has 0 saturated carbocycles. The normalized spacial score (nSPS) is 18.3. The molecule has 5 heteroatoms. The molecule has 1 aromatic heterocycles. The number of likely N-dealkylation sites (tertiary alicyclic amines) is 1. The van der Waals surface area contributed by atoms with Crippen molar-refractivity contribution in [3.05, 3.63) is 16.9 Å². The molecule has 2 heterocycles. The van der Waals surface area contributed by atoms with Gasteiger partial charge in [-0.1, -0.05) is 13.8 Å². The molecule has 1 aliphatic rings. The fourth-order valence-electron chi connectivity index (χ4n) is 2.43. The van der Waals surface area contributed by atoms with E-state index in [1.165, 1.54) is 12.8 Å². The summed E-state index contributed by atoms with van der Waals surface area (Å²) >= 11 is 3.45. The molecule has 2 rings (SSSR count). The number of ether oxygens (including phenoxy) is 1. The van der Waals surface area contributed by atoms with Crippen LogP contribution < -0.4 is 0 Å². The Morgan fingerprint density at radius 3 is 2.74 bits per heavy atom. The lowest BCUT2D eigenvalue weighted by Crippen LogP contribution is -2.37. The van der Waals surface area contributed by atoms with Gasteiger partial charge in [-0.15, -0.1) is 0 Å². The van der Waals surface area contributed by atoms with Gasteiger partial charge in [-0.2, -0.15) is 5.10 Å². The number of hydrogen-bond donors (Lipinski definition) is 0. The van der Waals surface area contributed by atoms with Crippen molar-refractivity contribution in [3.8, 4) is 0 Å². The molecule has 0 atom stereocenters. The summed E-state index contributed by atoms with van der Waals surface area (Å²) in [4.78, 5) is 2.50. The lowest BCUT2D eigenvalue weighted by Gasteiger charge is -2.31. The van der Waals surface area contributed by atoms with Crippen LogP contribution in [0.2, 0.25) is 0 Å². The van der Waals surface area contributed by atoms with E-state index in [0.29, 0.717) is 12.0 Å². The second-order valence-electron chi connectivity index (χ2n) is 5.68. The lowest BCUT2D eigenvalue weighted by molar-refractivity contribution is 0.0738. The van der Waals surface area contributed by atoms with Gasteiger partial charge in [0.1, 0.15) is 0 Å². The number of hydrogen-bond acceptors (Lipinski definition) is 3. The summed E-state index contributed by atoms with van der Waals surface area (Å²) in [5.41, 5.74) is 0. The molecule has 0 amide bonds. The summed E-state index contributed by atoms with van der Waals surface area (Å²) in [5, 5.41) is 4.39. The Labute approximate surface area is 124 Å². The van der Waals surface area contributed by atoms with E-state index >= 15 is 0 Å². The van der Waals surface area contributed by atoms with Crippen molar-refractivity contribution in [2.75, 3.05) is 32.8 Å². The topological polar surface area (TPSA) is 30.3 Å². The van der Waals surface area contributed by atoms with Gasteiger partial charge < -0.3 is 9.64 Å². The van der Waals surface area contributed by atoms with Gasteiger partial charge in [0.05, 0.1) is 23.3 Å². The van der Waals surface area contributed by atoms with E-state index in [1.54, 1.807) is 0 Å². The largest absolute Gasteiger partial charge is 0.380 e. The zero-order chi connectivity index (χ0) is 13.7. The van der Waals surface area contributed by atoms with Gasteiger partial charge >= 0.3 is 0 Å². The van der Waals surface area contributed by atoms with Crippen molar-refractivity contribution in [3.63, 3.8) is 0 Å². The summed E-state index contributed by atoms with van der Waals surface area (Å²) in [5.74, 6) is 0.629. The Morgan fingerprint density at radius 2 is 2.16 bits per heavy atom. The van der Waals surface area contributed by atoms with Gasteiger partial charge in [0.2, 0.25) is 0 Å². The highest BCUT2D eigenvalue weighted by atomic mass is 79.9. The van der Waals surface area contributed by atoms with E-state index in [0.717, 1.165) is 37.3 Å². The molecule has 0 aliphatic carbocycles. The molecule has 0 aromatic carbocycles. The smallest absolute Gasteiger partial charge is 0.0632 e. The van der Waals surface area contributed by atoms with Crippen LogP contribution in [0.25, 0.3) is 0 Å². The molecule has 0 bridgehead atoms. The van der Waals surface area contributed by atoms with E-state index in [1.807, 2.05) is 6.20 Å². The number of rotatable bonds is 6. The lowest BCUT2D eigenvalue weighted by atomic mass is 10.1. The van der Waals surface area contributed by atoms with Gasteiger partial charge in [-0.05, 0) is 34.7 Å². The van der Waals surface area contributed by atoms with Gasteiger partial charge in [0, 0.05) is 32.4 Å². The predicted octanol–water partition coefficient (Wildman–Crippen LogP) is 2.96. The summed E-state index contributed by atoms with van der Waals surface area (Å²) in [6.45, 7) is 9.46. The average Bonchev–Trinajstić information content (AvgIpc) is 2.82. The highest BCUT2D eigenvalue weighted by Crippen LogP contribution is 2.22. The molecular weight excluding hydrogens is 306 g/mol. The fourth-order valence-corrected chi connectivity index (χ4v) is 2.74. The van der Waals surface area contributed by atoms with E-state index < -0.39 is 0 Å². The Morgan fingerprint density at radius 1 is 1.42 bits per heavy atom. The summed E-state index contributed by atoms with van der Waals surface area (Å²) < 4.78 is 8.81. The van der Waals surface area contributed by atoms with Gasteiger partial charge in [0.15, 0.2) is 0 Å². The van der Waals surface area contributed by atoms with Crippen LogP contribution in [0.3, 0.4) is 0 Å². The molecule has 1 aliphatic heterocycles. The first-order valence-corrected chi connectivity index (χ1v) is 7.94.